The summed E-state index contributed by atoms with van der Waals surface area (Å²) in [5.41, 5.74) is 0. The van der Waals surface area contributed by atoms with Gasteiger partial charge in [-0.3, -0.25) is 14.4 Å². The van der Waals surface area contributed by atoms with Crippen LogP contribution in [-0.2, 0) is 14.4 Å². The average Bonchev–Trinajstić information content (AvgIpc) is 2.62. The van der Waals surface area contributed by atoms with Crippen LogP contribution in [0.3, 0.4) is 0 Å². The van der Waals surface area contributed by atoms with Crippen molar-refractivity contribution in [2.24, 2.45) is 0 Å². The van der Waals surface area contributed by atoms with Crippen LogP contribution in [0.5, 0.6) is 0 Å². The first-order valence-corrected chi connectivity index (χ1v) is 6.92. The second kappa shape index (κ2) is 8.50. The van der Waals surface area contributed by atoms with Crippen LogP contribution in [0.25, 0.3) is 0 Å². The topological polar surface area (TPSA) is 87.3 Å². The summed E-state index contributed by atoms with van der Waals surface area (Å²) in [6.07, 6.45) is 6.52. The zero-order valence-corrected chi connectivity index (χ0v) is 11.5. The van der Waals surface area contributed by atoms with E-state index in [0.29, 0.717) is 6.54 Å². The predicted molar refractivity (Wildman–Crippen MR) is 71.3 cm³/mol. The molecule has 0 heterocycles. The zero-order chi connectivity index (χ0) is 14.1. The van der Waals surface area contributed by atoms with E-state index >= 15 is 0 Å². The minimum Gasteiger partial charge on any atom is -0.355 e. The Morgan fingerprint density at radius 3 is 2.05 bits per heavy atom. The molecule has 0 aromatic carbocycles. The molecule has 108 valence electrons. The van der Waals surface area contributed by atoms with Gasteiger partial charge >= 0.3 is 11.8 Å². The van der Waals surface area contributed by atoms with Gasteiger partial charge in [0.1, 0.15) is 0 Å². The lowest BCUT2D eigenvalue weighted by Gasteiger charge is -2.15. The van der Waals surface area contributed by atoms with Gasteiger partial charge in [0.05, 0.1) is 0 Å². The van der Waals surface area contributed by atoms with E-state index in [0.717, 1.165) is 25.7 Å². The fraction of sp³-hybridized carbons (Fsp3) is 0.769. The van der Waals surface area contributed by atoms with Crippen molar-refractivity contribution in [2.45, 2.75) is 51.5 Å². The standard InChI is InChI=1S/C13H23N3O3/c1-10(17)14-8-9-15-12(18)13(19)16-11-6-4-2-3-5-7-11/h11H,2-9H2,1H3,(H,14,17)(H,15,18)(H,16,19). The monoisotopic (exact) mass is 269 g/mol. The second-order valence-electron chi connectivity index (χ2n) is 4.90. The smallest absolute Gasteiger partial charge is 0.309 e. The number of nitrogens with one attached hydrogen (secondary N) is 3. The molecule has 6 heteroatoms. The molecule has 19 heavy (non-hydrogen) atoms. The summed E-state index contributed by atoms with van der Waals surface area (Å²) >= 11 is 0. The lowest BCUT2D eigenvalue weighted by molar-refractivity contribution is -0.139. The Labute approximate surface area is 113 Å². The minimum absolute atomic E-state index is 0.121. The van der Waals surface area contributed by atoms with E-state index in [1.54, 1.807) is 0 Å². The summed E-state index contributed by atoms with van der Waals surface area (Å²) in [4.78, 5) is 33.8. The van der Waals surface area contributed by atoms with Crippen LogP contribution in [0.15, 0.2) is 0 Å². The van der Waals surface area contributed by atoms with Crippen LogP contribution < -0.4 is 16.0 Å². The Morgan fingerprint density at radius 2 is 1.47 bits per heavy atom. The maximum absolute atomic E-state index is 11.6. The largest absolute Gasteiger partial charge is 0.355 e. The second-order valence-corrected chi connectivity index (χ2v) is 4.90. The average molecular weight is 269 g/mol. The Morgan fingerprint density at radius 1 is 0.895 bits per heavy atom. The summed E-state index contributed by atoms with van der Waals surface area (Å²) in [5.74, 6) is -1.36. The van der Waals surface area contributed by atoms with Crippen LogP contribution in [0.2, 0.25) is 0 Å². The van der Waals surface area contributed by atoms with E-state index in [-0.39, 0.29) is 18.5 Å². The van der Waals surface area contributed by atoms with Gasteiger partial charge in [-0.25, -0.2) is 0 Å². The summed E-state index contributed by atoms with van der Waals surface area (Å²) in [5, 5.41) is 7.79. The molecule has 1 aliphatic carbocycles. The number of amides is 3. The first-order valence-electron chi connectivity index (χ1n) is 6.92. The maximum atomic E-state index is 11.6. The Bertz CT molecular complexity index is 323. The quantitative estimate of drug-likeness (QED) is 0.384. The number of carbonyl (C=O) groups is 3. The molecule has 0 saturated heterocycles. The summed E-state index contributed by atoms with van der Waals surface area (Å²) in [7, 11) is 0. The third kappa shape index (κ3) is 6.79. The highest BCUT2D eigenvalue weighted by atomic mass is 16.2. The van der Waals surface area contributed by atoms with Gasteiger partial charge < -0.3 is 16.0 Å². The summed E-state index contributed by atoms with van der Waals surface area (Å²) in [6.45, 7) is 1.99. The molecule has 3 amide bonds. The predicted octanol–water partition coefficient (Wildman–Crippen LogP) is 0.0777. The number of rotatable bonds is 4. The molecule has 0 bridgehead atoms. The van der Waals surface area contributed by atoms with Gasteiger partial charge in [-0.2, -0.15) is 0 Å². The molecule has 1 saturated carbocycles. The maximum Gasteiger partial charge on any atom is 0.309 e. The zero-order valence-electron chi connectivity index (χ0n) is 11.5. The Hall–Kier alpha value is -1.59. The fourth-order valence-corrected chi connectivity index (χ4v) is 2.17. The highest BCUT2D eigenvalue weighted by Gasteiger charge is 2.19. The molecule has 0 aliphatic heterocycles. The molecule has 0 atom stereocenters. The first-order chi connectivity index (χ1) is 9.09. The molecular formula is C13H23N3O3. The number of hydrogen-bond acceptors (Lipinski definition) is 3. The molecule has 1 aliphatic rings. The molecular weight excluding hydrogens is 246 g/mol. The third-order valence-electron chi connectivity index (χ3n) is 3.18. The summed E-state index contributed by atoms with van der Waals surface area (Å²) < 4.78 is 0. The van der Waals surface area contributed by atoms with Crippen LogP contribution in [0.4, 0.5) is 0 Å². The van der Waals surface area contributed by atoms with Crippen LogP contribution in [-0.4, -0.2) is 36.9 Å². The molecule has 0 spiro atoms. The van der Waals surface area contributed by atoms with Gasteiger partial charge in [0.15, 0.2) is 0 Å². The SMILES string of the molecule is CC(=O)NCCNC(=O)C(=O)NC1CCCCCC1. The fourth-order valence-electron chi connectivity index (χ4n) is 2.17. The lowest BCUT2D eigenvalue weighted by Crippen LogP contribution is -2.46. The molecule has 1 fully saturated rings. The van der Waals surface area contributed by atoms with Crippen LogP contribution in [0, 0.1) is 0 Å². The molecule has 3 N–H and O–H groups in total. The van der Waals surface area contributed by atoms with Crippen molar-refractivity contribution in [1.82, 2.24) is 16.0 Å². The van der Waals surface area contributed by atoms with Crippen molar-refractivity contribution in [1.29, 1.82) is 0 Å². The number of carbonyl (C=O) groups excluding carboxylic acids is 3. The van der Waals surface area contributed by atoms with E-state index in [4.69, 9.17) is 0 Å². The Balaban J connectivity index is 2.20. The van der Waals surface area contributed by atoms with Crippen LogP contribution in [0.1, 0.15) is 45.4 Å². The van der Waals surface area contributed by atoms with Gasteiger partial charge in [-0.1, -0.05) is 25.7 Å². The van der Waals surface area contributed by atoms with E-state index in [9.17, 15) is 14.4 Å². The number of hydrogen-bond donors (Lipinski definition) is 3. The summed E-state index contributed by atoms with van der Waals surface area (Å²) in [6, 6.07) is 0.121. The van der Waals surface area contributed by atoms with Crippen molar-refractivity contribution in [3.05, 3.63) is 0 Å². The third-order valence-corrected chi connectivity index (χ3v) is 3.18. The molecule has 0 aromatic heterocycles. The lowest BCUT2D eigenvalue weighted by atomic mass is 10.1. The van der Waals surface area contributed by atoms with E-state index < -0.39 is 11.8 Å². The van der Waals surface area contributed by atoms with Crippen molar-refractivity contribution in [3.63, 3.8) is 0 Å². The van der Waals surface area contributed by atoms with Gasteiger partial charge in [0, 0.05) is 26.1 Å². The Kier molecular flexibility index (Phi) is 6.92. The highest BCUT2D eigenvalue weighted by molar-refractivity contribution is 6.35. The van der Waals surface area contributed by atoms with Crippen LogP contribution >= 0.6 is 0 Å². The molecule has 0 aromatic rings. The van der Waals surface area contributed by atoms with E-state index in [2.05, 4.69) is 16.0 Å². The van der Waals surface area contributed by atoms with Crippen molar-refractivity contribution >= 4 is 17.7 Å². The molecule has 0 unspecified atom stereocenters. The molecule has 1 rings (SSSR count). The highest BCUT2D eigenvalue weighted by Crippen LogP contribution is 2.16. The van der Waals surface area contributed by atoms with Gasteiger partial charge in [0.25, 0.3) is 0 Å². The first kappa shape index (κ1) is 15.5. The molecule has 0 radical (unpaired) electrons. The van der Waals surface area contributed by atoms with Crippen molar-refractivity contribution in [2.75, 3.05) is 13.1 Å². The van der Waals surface area contributed by atoms with Crippen molar-refractivity contribution in [3.8, 4) is 0 Å². The minimum atomic E-state index is -0.630. The van der Waals surface area contributed by atoms with Gasteiger partial charge in [0.2, 0.25) is 5.91 Å². The van der Waals surface area contributed by atoms with Crippen molar-refractivity contribution < 1.29 is 14.4 Å². The van der Waals surface area contributed by atoms with E-state index in [1.165, 1.54) is 19.8 Å². The van der Waals surface area contributed by atoms with Gasteiger partial charge in [-0.05, 0) is 12.8 Å². The van der Waals surface area contributed by atoms with Gasteiger partial charge in [-0.15, -0.1) is 0 Å². The molecule has 6 nitrogen and oxygen atoms in total. The normalized spacial score (nSPS) is 16.3. The van der Waals surface area contributed by atoms with E-state index in [1.807, 2.05) is 0 Å².